The summed E-state index contributed by atoms with van der Waals surface area (Å²) in [6.45, 7) is 0. The van der Waals surface area contributed by atoms with E-state index >= 15 is 0 Å². The molecule has 0 aromatic rings. The largest absolute Gasteiger partial charge is 0.469 e. The van der Waals surface area contributed by atoms with Gasteiger partial charge >= 0.3 is 11.9 Å². The van der Waals surface area contributed by atoms with Crippen LogP contribution in [0.1, 0.15) is 77.0 Å². The van der Waals surface area contributed by atoms with E-state index < -0.39 is 0 Å². The van der Waals surface area contributed by atoms with Crippen molar-refractivity contribution in [3.63, 3.8) is 0 Å². The minimum atomic E-state index is -0.105. The van der Waals surface area contributed by atoms with E-state index in [4.69, 9.17) is 4.74 Å². The molecule has 1 rings (SSSR count). The Hall–Kier alpha value is -1.06. The lowest BCUT2D eigenvalue weighted by molar-refractivity contribution is -0.154. The van der Waals surface area contributed by atoms with Crippen molar-refractivity contribution in [1.29, 1.82) is 0 Å². The molecule has 20 heavy (non-hydrogen) atoms. The number of esters is 2. The van der Waals surface area contributed by atoms with Crippen LogP contribution < -0.4 is 0 Å². The molecule has 0 aromatic heterocycles. The van der Waals surface area contributed by atoms with Gasteiger partial charge in [0.1, 0.15) is 6.10 Å². The molecule has 116 valence electrons. The maximum Gasteiger partial charge on any atom is 0.306 e. The number of ether oxygens (including phenoxy) is 2. The molecule has 4 heteroatoms. The lowest BCUT2D eigenvalue weighted by Gasteiger charge is -2.21. The monoisotopic (exact) mass is 284 g/mol. The van der Waals surface area contributed by atoms with Crippen LogP contribution in [-0.4, -0.2) is 25.2 Å². The molecule has 0 aliphatic carbocycles. The Bertz CT molecular complexity index is 288. The first-order valence-electron chi connectivity index (χ1n) is 7.98. The highest BCUT2D eigenvalue weighted by molar-refractivity contribution is 5.70. The summed E-state index contributed by atoms with van der Waals surface area (Å²) < 4.78 is 9.90. The summed E-state index contributed by atoms with van der Waals surface area (Å²) in [5.41, 5.74) is 0. The fourth-order valence-corrected chi connectivity index (χ4v) is 2.61. The van der Waals surface area contributed by atoms with Crippen LogP contribution in [0.3, 0.4) is 0 Å². The second-order valence-corrected chi connectivity index (χ2v) is 5.59. The smallest absolute Gasteiger partial charge is 0.306 e. The van der Waals surface area contributed by atoms with E-state index in [9.17, 15) is 9.59 Å². The number of rotatable bonds is 10. The Balaban J connectivity index is 1.83. The summed E-state index contributed by atoms with van der Waals surface area (Å²) in [6, 6.07) is 0. The van der Waals surface area contributed by atoms with Crippen LogP contribution in [0.5, 0.6) is 0 Å². The van der Waals surface area contributed by atoms with Crippen molar-refractivity contribution >= 4 is 11.9 Å². The summed E-state index contributed by atoms with van der Waals surface area (Å²) in [4.78, 5) is 22.0. The molecule has 0 amide bonds. The van der Waals surface area contributed by atoms with Crippen molar-refractivity contribution in [2.24, 2.45) is 0 Å². The standard InChI is InChI=1S/C16H28O4/c1-19-15(17)12-8-6-4-2-3-5-7-10-14-11-9-13-16(18)20-14/h14H,2-13H2,1H3. The molecule has 0 radical (unpaired) electrons. The quantitative estimate of drug-likeness (QED) is 0.452. The molecule has 4 nitrogen and oxygen atoms in total. The molecule has 0 aromatic carbocycles. The topological polar surface area (TPSA) is 52.6 Å². The van der Waals surface area contributed by atoms with Crippen molar-refractivity contribution in [3.05, 3.63) is 0 Å². The minimum Gasteiger partial charge on any atom is -0.469 e. The molecule has 0 saturated carbocycles. The number of methoxy groups -OCH3 is 1. The third-order valence-corrected chi connectivity index (χ3v) is 3.84. The van der Waals surface area contributed by atoms with Crippen LogP contribution in [0, 0.1) is 0 Å². The van der Waals surface area contributed by atoms with Gasteiger partial charge in [-0.3, -0.25) is 9.59 Å². The second kappa shape index (κ2) is 10.7. The molecule has 1 fully saturated rings. The SMILES string of the molecule is COC(=O)CCCCCCCCCC1CCCC(=O)O1. The van der Waals surface area contributed by atoms with Crippen LogP contribution >= 0.6 is 0 Å². The lowest BCUT2D eigenvalue weighted by atomic mass is 10.0. The summed E-state index contributed by atoms with van der Waals surface area (Å²) in [5, 5.41) is 0. The van der Waals surface area contributed by atoms with Gasteiger partial charge in [0, 0.05) is 12.8 Å². The van der Waals surface area contributed by atoms with Gasteiger partial charge < -0.3 is 9.47 Å². The molecule has 1 aliphatic rings. The van der Waals surface area contributed by atoms with Crippen molar-refractivity contribution in [3.8, 4) is 0 Å². The van der Waals surface area contributed by atoms with Gasteiger partial charge in [0.15, 0.2) is 0 Å². The Morgan fingerprint density at radius 1 is 1.15 bits per heavy atom. The maximum absolute atomic E-state index is 11.1. The zero-order valence-corrected chi connectivity index (χ0v) is 12.7. The van der Waals surface area contributed by atoms with Gasteiger partial charge in [0.05, 0.1) is 7.11 Å². The summed E-state index contributed by atoms with van der Waals surface area (Å²) >= 11 is 0. The third-order valence-electron chi connectivity index (χ3n) is 3.84. The van der Waals surface area contributed by atoms with E-state index in [-0.39, 0.29) is 18.0 Å². The van der Waals surface area contributed by atoms with E-state index in [0.717, 1.165) is 38.5 Å². The fraction of sp³-hybridized carbons (Fsp3) is 0.875. The highest BCUT2D eigenvalue weighted by atomic mass is 16.5. The Morgan fingerprint density at radius 3 is 2.45 bits per heavy atom. The van der Waals surface area contributed by atoms with Crippen LogP contribution in [0.4, 0.5) is 0 Å². The molecule has 1 heterocycles. The summed E-state index contributed by atoms with van der Waals surface area (Å²) in [7, 11) is 1.44. The van der Waals surface area contributed by atoms with E-state index in [1.807, 2.05) is 0 Å². The highest BCUT2D eigenvalue weighted by Crippen LogP contribution is 2.19. The molecular weight excluding hydrogens is 256 g/mol. The van der Waals surface area contributed by atoms with Crippen LogP contribution in [0.15, 0.2) is 0 Å². The van der Waals surface area contributed by atoms with E-state index in [1.54, 1.807) is 0 Å². The van der Waals surface area contributed by atoms with Gasteiger partial charge in [-0.1, -0.05) is 32.1 Å². The predicted octanol–water partition coefficient (Wildman–Crippen LogP) is 3.77. The first-order chi connectivity index (χ1) is 9.72. The lowest BCUT2D eigenvalue weighted by Crippen LogP contribution is -2.23. The zero-order valence-electron chi connectivity index (χ0n) is 12.7. The highest BCUT2D eigenvalue weighted by Gasteiger charge is 2.19. The first kappa shape index (κ1) is 17.0. The maximum atomic E-state index is 11.1. The van der Waals surface area contributed by atoms with Gasteiger partial charge in [-0.05, 0) is 32.1 Å². The average Bonchev–Trinajstić information content (AvgIpc) is 2.45. The van der Waals surface area contributed by atoms with E-state index in [2.05, 4.69) is 4.74 Å². The normalized spacial score (nSPS) is 18.6. The number of hydrogen-bond donors (Lipinski definition) is 0. The fourth-order valence-electron chi connectivity index (χ4n) is 2.61. The molecule has 0 N–H and O–H groups in total. The predicted molar refractivity (Wildman–Crippen MR) is 77.3 cm³/mol. The van der Waals surface area contributed by atoms with Gasteiger partial charge in [-0.15, -0.1) is 0 Å². The number of carbonyl (C=O) groups excluding carboxylic acids is 2. The number of carbonyl (C=O) groups is 2. The van der Waals surface area contributed by atoms with Gasteiger partial charge in [0.2, 0.25) is 0 Å². The number of hydrogen-bond acceptors (Lipinski definition) is 4. The second-order valence-electron chi connectivity index (χ2n) is 5.59. The summed E-state index contributed by atoms with van der Waals surface area (Å²) in [5.74, 6) is -0.126. The van der Waals surface area contributed by atoms with Crippen LogP contribution in [-0.2, 0) is 19.1 Å². The van der Waals surface area contributed by atoms with Gasteiger partial charge in [-0.25, -0.2) is 0 Å². The zero-order chi connectivity index (χ0) is 14.6. The Kier molecular flexibility index (Phi) is 9.09. The molecule has 0 spiro atoms. The minimum absolute atomic E-state index is 0.0214. The van der Waals surface area contributed by atoms with E-state index in [1.165, 1.54) is 32.8 Å². The Labute approximate surface area is 122 Å². The van der Waals surface area contributed by atoms with Crippen molar-refractivity contribution in [2.75, 3.05) is 7.11 Å². The van der Waals surface area contributed by atoms with E-state index in [0.29, 0.717) is 12.8 Å². The van der Waals surface area contributed by atoms with Crippen molar-refractivity contribution in [2.45, 2.75) is 83.2 Å². The molecule has 1 unspecified atom stereocenters. The molecular formula is C16H28O4. The van der Waals surface area contributed by atoms with Crippen LogP contribution in [0.2, 0.25) is 0 Å². The first-order valence-corrected chi connectivity index (χ1v) is 7.98. The molecule has 1 atom stereocenters. The average molecular weight is 284 g/mol. The van der Waals surface area contributed by atoms with Gasteiger partial charge in [0.25, 0.3) is 0 Å². The van der Waals surface area contributed by atoms with Gasteiger partial charge in [-0.2, -0.15) is 0 Å². The molecule has 0 bridgehead atoms. The number of unbranched alkanes of at least 4 members (excludes halogenated alkanes) is 6. The summed E-state index contributed by atoms with van der Waals surface area (Å²) in [6.07, 6.45) is 12.4. The Morgan fingerprint density at radius 2 is 1.80 bits per heavy atom. The van der Waals surface area contributed by atoms with Crippen LogP contribution in [0.25, 0.3) is 0 Å². The molecule has 1 saturated heterocycles. The van der Waals surface area contributed by atoms with Crippen molar-refractivity contribution in [1.82, 2.24) is 0 Å². The molecule has 1 aliphatic heterocycles. The third kappa shape index (κ3) is 8.18. The number of cyclic esters (lactones) is 1. The van der Waals surface area contributed by atoms with Crippen molar-refractivity contribution < 1.29 is 19.1 Å².